The molecule has 0 radical (unpaired) electrons. The van der Waals surface area contributed by atoms with Crippen molar-refractivity contribution in [3.05, 3.63) is 47.3 Å². The number of nitrogens with one attached hydrogen (secondary N) is 1. The van der Waals surface area contributed by atoms with Gasteiger partial charge in [0.2, 0.25) is 10.0 Å². The maximum Gasteiger partial charge on any atom is 0.316 e. The van der Waals surface area contributed by atoms with Crippen LogP contribution in [0.25, 0.3) is 0 Å². The molecule has 112 valence electrons. The predicted octanol–water partition coefficient (Wildman–Crippen LogP) is 2.04. The Kier molecular flexibility index (Phi) is 4.42. The van der Waals surface area contributed by atoms with Crippen molar-refractivity contribution in [2.24, 2.45) is 0 Å². The molecule has 1 heterocycles. The third-order valence-electron chi connectivity index (χ3n) is 2.89. The lowest BCUT2D eigenvalue weighted by molar-refractivity contribution is 0.378. The Morgan fingerprint density at radius 3 is 2.19 bits per heavy atom. The number of methoxy groups -OCH3 is 1. The monoisotopic (exact) mass is 307 g/mol. The number of nitrogens with zero attached hydrogens (tertiary/aromatic N) is 2. The van der Waals surface area contributed by atoms with Crippen molar-refractivity contribution in [1.82, 2.24) is 9.97 Å². The maximum absolute atomic E-state index is 12.2. The van der Waals surface area contributed by atoms with Crippen LogP contribution < -0.4 is 9.46 Å². The van der Waals surface area contributed by atoms with Gasteiger partial charge in [0.15, 0.2) is 0 Å². The van der Waals surface area contributed by atoms with Gasteiger partial charge in [0.05, 0.1) is 29.9 Å². The van der Waals surface area contributed by atoms with Gasteiger partial charge < -0.3 is 4.74 Å². The fourth-order valence-electron chi connectivity index (χ4n) is 1.91. The summed E-state index contributed by atoms with van der Waals surface area (Å²) in [7, 11) is -2.06. The number of anilines is 1. The largest absolute Gasteiger partial charge is 0.467 e. The molecule has 0 unspecified atom stereocenters. The van der Waals surface area contributed by atoms with E-state index in [0.717, 1.165) is 5.56 Å². The quantitative estimate of drug-likeness (QED) is 0.914. The van der Waals surface area contributed by atoms with Crippen LogP contribution in [0.4, 0.5) is 5.69 Å². The summed E-state index contributed by atoms with van der Waals surface area (Å²) in [5.41, 5.74) is 2.16. The molecule has 0 fully saturated rings. The van der Waals surface area contributed by atoms with Crippen molar-refractivity contribution in [2.75, 3.05) is 11.8 Å². The van der Waals surface area contributed by atoms with Crippen LogP contribution in [-0.2, 0) is 15.8 Å². The molecule has 2 aromatic rings. The van der Waals surface area contributed by atoms with Gasteiger partial charge in [-0.1, -0.05) is 30.3 Å². The molecule has 1 aromatic carbocycles. The van der Waals surface area contributed by atoms with Gasteiger partial charge in [0.25, 0.3) is 0 Å². The van der Waals surface area contributed by atoms with Gasteiger partial charge in [0.1, 0.15) is 0 Å². The summed E-state index contributed by atoms with van der Waals surface area (Å²) in [6, 6.07) is 9.20. The maximum atomic E-state index is 12.2. The Balaban J connectivity index is 2.25. The summed E-state index contributed by atoms with van der Waals surface area (Å²) in [5.74, 6) is -0.0985. The zero-order valence-electron chi connectivity index (χ0n) is 12.1. The summed E-state index contributed by atoms with van der Waals surface area (Å²) in [6.45, 7) is 3.41. The average molecular weight is 307 g/mol. The molecule has 0 saturated heterocycles. The highest BCUT2D eigenvalue weighted by Crippen LogP contribution is 2.21. The van der Waals surface area contributed by atoms with Crippen molar-refractivity contribution < 1.29 is 13.2 Å². The van der Waals surface area contributed by atoms with Crippen molar-refractivity contribution in [1.29, 1.82) is 0 Å². The van der Waals surface area contributed by atoms with Crippen molar-refractivity contribution in [3.63, 3.8) is 0 Å². The van der Waals surface area contributed by atoms with Gasteiger partial charge in [0, 0.05) is 0 Å². The molecule has 0 spiro atoms. The van der Waals surface area contributed by atoms with Crippen LogP contribution in [0.2, 0.25) is 0 Å². The number of hydrogen-bond donors (Lipinski definition) is 1. The third kappa shape index (κ3) is 3.91. The van der Waals surface area contributed by atoms with Gasteiger partial charge in [-0.05, 0) is 19.4 Å². The number of benzene rings is 1. The molecule has 0 bridgehead atoms. The zero-order chi connectivity index (χ0) is 15.5. The van der Waals surface area contributed by atoms with E-state index in [0.29, 0.717) is 17.1 Å². The SMILES string of the molecule is COc1nc(C)c(NS(=O)(=O)Cc2ccccc2)c(C)n1. The molecular weight excluding hydrogens is 290 g/mol. The number of rotatable bonds is 5. The van der Waals surface area contributed by atoms with Gasteiger partial charge in [-0.2, -0.15) is 9.97 Å². The van der Waals surface area contributed by atoms with E-state index in [1.165, 1.54) is 7.11 Å². The Bertz CT molecular complexity index is 707. The molecule has 7 heteroatoms. The van der Waals surface area contributed by atoms with E-state index < -0.39 is 10.0 Å². The molecule has 0 aliphatic carbocycles. The van der Waals surface area contributed by atoms with E-state index >= 15 is 0 Å². The molecule has 21 heavy (non-hydrogen) atoms. The zero-order valence-corrected chi connectivity index (χ0v) is 12.9. The van der Waals surface area contributed by atoms with Crippen LogP contribution in [0.3, 0.4) is 0 Å². The minimum Gasteiger partial charge on any atom is -0.467 e. The highest BCUT2D eigenvalue weighted by atomic mass is 32.2. The Labute approximate surface area is 124 Å². The topological polar surface area (TPSA) is 81.2 Å². The van der Waals surface area contributed by atoms with E-state index in [1.54, 1.807) is 38.1 Å². The lowest BCUT2D eigenvalue weighted by Crippen LogP contribution is -2.17. The van der Waals surface area contributed by atoms with Gasteiger partial charge in [-0.3, -0.25) is 4.72 Å². The minimum atomic E-state index is -3.52. The highest BCUT2D eigenvalue weighted by Gasteiger charge is 2.17. The van der Waals surface area contributed by atoms with Crippen LogP contribution in [0.15, 0.2) is 30.3 Å². The second-order valence-electron chi connectivity index (χ2n) is 4.60. The molecule has 0 aliphatic rings. The number of hydrogen-bond acceptors (Lipinski definition) is 5. The van der Waals surface area contributed by atoms with E-state index in [9.17, 15) is 8.42 Å². The summed E-state index contributed by atoms with van der Waals surface area (Å²) in [4.78, 5) is 8.17. The summed E-state index contributed by atoms with van der Waals surface area (Å²) in [6.07, 6.45) is 0. The standard InChI is InChI=1S/C14H17N3O3S/c1-10-13(11(2)16-14(15-10)20-3)17-21(18,19)9-12-7-5-4-6-8-12/h4-8,17H,9H2,1-3H3. The highest BCUT2D eigenvalue weighted by molar-refractivity contribution is 7.91. The van der Waals surface area contributed by atoms with Gasteiger partial charge in [-0.25, -0.2) is 8.42 Å². The molecule has 6 nitrogen and oxygen atoms in total. The van der Waals surface area contributed by atoms with Crippen LogP contribution in [-0.4, -0.2) is 25.5 Å². The molecule has 0 aliphatic heterocycles. The first-order chi connectivity index (χ1) is 9.91. The lowest BCUT2D eigenvalue weighted by atomic mass is 10.2. The van der Waals surface area contributed by atoms with Crippen molar-refractivity contribution in [3.8, 4) is 6.01 Å². The number of ether oxygens (including phenoxy) is 1. The number of sulfonamides is 1. The Morgan fingerprint density at radius 2 is 1.67 bits per heavy atom. The molecule has 1 aromatic heterocycles. The average Bonchev–Trinajstić information content (AvgIpc) is 2.43. The minimum absolute atomic E-state index is 0.0985. The van der Waals surface area contributed by atoms with Crippen LogP contribution in [0.1, 0.15) is 17.0 Å². The Morgan fingerprint density at radius 1 is 1.10 bits per heavy atom. The van der Waals surface area contributed by atoms with E-state index in [-0.39, 0.29) is 11.8 Å². The molecule has 2 rings (SSSR count). The smallest absolute Gasteiger partial charge is 0.316 e. The van der Waals surface area contributed by atoms with Crippen molar-refractivity contribution in [2.45, 2.75) is 19.6 Å². The molecule has 0 amide bonds. The lowest BCUT2D eigenvalue weighted by Gasteiger charge is -2.13. The second-order valence-corrected chi connectivity index (χ2v) is 6.33. The first-order valence-corrected chi connectivity index (χ1v) is 8.00. The van der Waals surface area contributed by atoms with E-state index in [1.807, 2.05) is 6.07 Å². The number of aryl methyl sites for hydroxylation is 2. The predicted molar refractivity (Wildman–Crippen MR) is 80.7 cm³/mol. The number of aromatic nitrogens is 2. The van der Waals surface area contributed by atoms with E-state index in [2.05, 4.69) is 14.7 Å². The summed E-state index contributed by atoms with van der Waals surface area (Å²) >= 11 is 0. The molecular formula is C14H17N3O3S. The van der Waals surface area contributed by atoms with Crippen LogP contribution in [0.5, 0.6) is 6.01 Å². The van der Waals surface area contributed by atoms with Crippen LogP contribution >= 0.6 is 0 Å². The Hall–Kier alpha value is -2.15. The van der Waals surface area contributed by atoms with Crippen molar-refractivity contribution >= 4 is 15.7 Å². The molecule has 0 atom stereocenters. The normalized spacial score (nSPS) is 11.2. The second kappa shape index (κ2) is 6.09. The van der Waals surface area contributed by atoms with Gasteiger partial charge >= 0.3 is 6.01 Å². The fourth-order valence-corrected chi connectivity index (χ4v) is 3.22. The third-order valence-corrected chi connectivity index (χ3v) is 4.12. The van der Waals surface area contributed by atoms with E-state index in [4.69, 9.17) is 4.74 Å². The van der Waals surface area contributed by atoms with Gasteiger partial charge in [-0.15, -0.1) is 0 Å². The van der Waals surface area contributed by atoms with Crippen LogP contribution in [0, 0.1) is 13.8 Å². The summed E-state index contributed by atoms with van der Waals surface area (Å²) < 4.78 is 32.0. The first-order valence-electron chi connectivity index (χ1n) is 6.35. The summed E-state index contributed by atoms with van der Waals surface area (Å²) in [5, 5.41) is 0. The fraction of sp³-hybridized carbons (Fsp3) is 0.286. The first kappa shape index (κ1) is 15.2. The molecule has 1 N–H and O–H groups in total. The molecule has 0 saturated carbocycles.